The lowest BCUT2D eigenvalue weighted by molar-refractivity contribution is -0.128. The molecule has 0 aromatic heterocycles. The normalized spacial score (nSPS) is 16.7. The Labute approximate surface area is 234 Å². The third-order valence-corrected chi connectivity index (χ3v) is 6.69. The fourth-order valence-corrected chi connectivity index (χ4v) is 4.41. The Hall–Kier alpha value is -4.21. The molecule has 4 rings (SSSR count). The highest BCUT2D eigenvalue weighted by molar-refractivity contribution is 5.99. The van der Waals surface area contributed by atoms with Gasteiger partial charge in [0.25, 0.3) is 5.91 Å². The number of aldehydes is 1. The van der Waals surface area contributed by atoms with E-state index in [-0.39, 0.29) is 49.6 Å². The van der Waals surface area contributed by atoms with Crippen molar-refractivity contribution in [3.8, 4) is 11.5 Å². The highest BCUT2D eigenvalue weighted by atomic mass is 16.7. The van der Waals surface area contributed by atoms with E-state index in [4.69, 9.17) is 9.47 Å². The van der Waals surface area contributed by atoms with E-state index in [1.54, 1.807) is 32.0 Å². The highest BCUT2D eigenvalue weighted by Crippen LogP contribution is 2.32. The molecule has 0 saturated carbocycles. The zero-order chi connectivity index (χ0) is 29.1. The van der Waals surface area contributed by atoms with Gasteiger partial charge < -0.3 is 30.2 Å². The van der Waals surface area contributed by atoms with Crippen molar-refractivity contribution in [1.29, 1.82) is 0 Å². The van der Waals surface area contributed by atoms with Gasteiger partial charge in [-0.25, -0.2) is 0 Å². The van der Waals surface area contributed by atoms with Crippen LogP contribution in [0.5, 0.6) is 11.5 Å². The van der Waals surface area contributed by atoms with E-state index in [2.05, 4.69) is 35.0 Å². The summed E-state index contributed by atoms with van der Waals surface area (Å²) in [5.74, 6) is -0.774. The summed E-state index contributed by atoms with van der Waals surface area (Å²) >= 11 is 0. The molecule has 1 saturated heterocycles. The first-order valence-corrected chi connectivity index (χ1v) is 13.4. The van der Waals surface area contributed by atoms with Gasteiger partial charge in [-0.05, 0) is 43.9 Å². The minimum atomic E-state index is -0.784. The predicted octanol–water partition coefficient (Wildman–Crippen LogP) is 2.72. The second-order valence-electron chi connectivity index (χ2n) is 10.2. The molecule has 3 unspecified atom stereocenters. The maximum Gasteiger partial charge on any atom is 0.252 e. The number of Topliss-reactive ketones (excluding diaryl/α,β-unsaturated/α-hetero) is 1. The van der Waals surface area contributed by atoms with Gasteiger partial charge >= 0.3 is 0 Å². The van der Waals surface area contributed by atoms with E-state index < -0.39 is 23.9 Å². The van der Waals surface area contributed by atoms with Crippen LogP contribution in [0.25, 0.3) is 0 Å². The van der Waals surface area contributed by atoms with Crippen molar-refractivity contribution in [3.05, 3.63) is 59.7 Å². The molecule has 3 N–H and O–H groups in total. The lowest BCUT2D eigenvalue weighted by Crippen LogP contribution is -2.45. The highest BCUT2D eigenvalue weighted by Gasteiger charge is 2.29. The van der Waals surface area contributed by atoms with Crippen molar-refractivity contribution < 1.29 is 33.4 Å². The molecule has 214 valence electrons. The van der Waals surface area contributed by atoms with Gasteiger partial charge in [-0.2, -0.15) is 0 Å². The van der Waals surface area contributed by atoms with Gasteiger partial charge in [-0.3, -0.25) is 19.2 Å². The van der Waals surface area contributed by atoms with Crippen LogP contribution in [0.4, 0.5) is 0 Å². The summed E-state index contributed by atoms with van der Waals surface area (Å²) in [4.78, 5) is 60.7. The molecular weight excluding hydrogens is 514 g/mol. The zero-order valence-electron chi connectivity index (χ0n) is 23.1. The van der Waals surface area contributed by atoms with Crippen LogP contribution in [-0.4, -0.2) is 55.2 Å². The summed E-state index contributed by atoms with van der Waals surface area (Å²) in [6.07, 6.45) is 1.24. The predicted molar refractivity (Wildman–Crippen MR) is 148 cm³/mol. The van der Waals surface area contributed by atoms with Crippen LogP contribution in [0.3, 0.4) is 0 Å². The number of benzene rings is 2. The molecule has 2 aromatic rings. The molecule has 40 heavy (non-hydrogen) atoms. The summed E-state index contributed by atoms with van der Waals surface area (Å²) in [5.41, 5.74) is 1.66. The monoisotopic (exact) mass is 551 g/mol. The molecule has 0 bridgehead atoms. The van der Waals surface area contributed by atoms with Crippen molar-refractivity contribution in [1.82, 2.24) is 16.0 Å². The Kier molecular flexibility index (Phi) is 11.2. The first-order valence-electron chi connectivity index (χ1n) is 13.4. The summed E-state index contributed by atoms with van der Waals surface area (Å²) in [6, 6.07) is 13.5. The smallest absolute Gasteiger partial charge is 0.252 e. The first kappa shape index (κ1) is 30.3. The number of fused-ring (bicyclic) bond motifs is 1. The van der Waals surface area contributed by atoms with E-state index >= 15 is 0 Å². The minimum absolute atomic E-state index is 0.0917. The number of amides is 3. The first-order chi connectivity index (χ1) is 19.2. The van der Waals surface area contributed by atoms with Crippen molar-refractivity contribution in [3.63, 3.8) is 0 Å². The molecule has 1 fully saturated rings. The summed E-state index contributed by atoms with van der Waals surface area (Å²) in [5, 5.41) is 8.01. The van der Waals surface area contributed by atoms with Gasteiger partial charge in [0.2, 0.25) is 18.6 Å². The number of ether oxygens (including phenoxy) is 2. The Morgan fingerprint density at radius 3 is 2.35 bits per heavy atom. The Morgan fingerprint density at radius 2 is 1.75 bits per heavy atom. The Morgan fingerprint density at radius 1 is 1.02 bits per heavy atom. The number of carbonyl (C=O) groups excluding carboxylic acids is 5. The van der Waals surface area contributed by atoms with Crippen LogP contribution in [0.2, 0.25) is 0 Å². The number of rotatable bonds is 11. The number of aryl methyl sites for hydroxylation is 1. The summed E-state index contributed by atoms with van der Waals surface area (Å²) in [7, 11) is 0. The second-order valence-corrected chi connectivity index (χ2v) is 10.2. The minimum Gasteiger partial charge on any atom is -0.454 e. The van der Waals surface area contributed by atoms with Gasteiger partial charge in [0, 0.05) is 30.9 Å². The van der Waals surface area contributed by atoms with Crippen LogP contribution in [0.1, 0.15) is 55.5 Å². The van der Waals surface area contributed by atoms with Crippen LogP contribution in [0.15, 0.2) is 48.5 Å². The van der Waals surface area contributed by atoms with E-state index in [0.29, 0.717) is 36.3 Å². The molecular formula is C30H37N3O7. The fourth-order valence-electron chi connectivity index (χ4n) is 4.41. The average molecular weight is 552 g/mol. The van der Waals surface area contributed by atoms with Gasteiger partial charge in [0.15, 0.2) is 17.3 Å². The molecule has 3 amide bonds. The number of hydrogen-bond acceptors (Lipinski definition) is 7. The largest absolute Gasteiger partial charge is 0.454 e. The maximum absolute atomic E-state index is 12.8. The third-order valence-electron chi connectivity index (χ3n) is 6.69. The van der Waals surface area contributed by atoms with Gasteiger partial charge in [0.05, 0.1) is 12.1 Å². The second kappa shape index (κ2) is 14.8. The van der Waals surface area contributed by atoms with Crippen LogP contribution in [-0.2, 0) is 19.2 Å². The van der Waals surface area contributed by atoms with Crippen molar-refractivity contribution >= 4 is 29.8 Å². The molecule has 2 aliphatic rings. The number of ketones is 1. The Bertz CT molecular complexity index is 1200. The van der Waals surface area contributed by atoms with E-state index in [9.17, 15) is 24.0 Å². The molecule has 2 aromatic carbocycles. The van der Waals surface area contributed by atoms with Gasteiger partial charge in [-0.1, -0.05) is 49.7 Å². The molecule has 0 spiro atoms. The average Bonchev–Trinajstić information content (AvgIpc) is 3.58. The van der Waals surface area contributed by atoms with E-state index in [1.165, 1.54) is 5.56 Å². The number of carbonyl (C=O) groups is 5. The fraction of sp³-hybridized carbons (Fsp3) is 0.433. The standard InChI is InChI=1S/C23H29N3O7.C7H8/c1-13(2)21(26-23(31)14-3-5-18-19(10-14)33-12-32-18)17(28)4-6-20(29)25-16(11-27)9-15-7-8-24-22(15)30;1-7-5-3-2-4-6-7/h3,5,10-11,13,15-16,21H,4,6-9,12H2,1-2H3,(H,24,30)(H,25,29)(H,26,31);2-6H,1H3. The molecule has 10 nitrogen and oxygen atoms in total. The molecule has 0 aliphatic carbocycles. The maximum atomic E-state index is 12.8. The van der Waals surface area contributed by atoms with Crippen LogP contribution >= 0.6 is 0 Å². The summed E-state index contributed by atoms with van der Waals surface area (Å²) < 4.78 is 10.5. The zero-order valence-corrected chi connectivity index (χ0v) is 23.1. The topological polar surface area (TPSA) is 140 Å². The van der Waals surface area contributed by atoms with Crippen molar-refractivity contribution in [2.24, 2.45) is 11.8 Å². The van der Waals surface area contributed by atoms with Gasteiger partial charge in [-0.15, -0.1) is 0 Å². The summed E-state index contributed by atoms with van der Waals surface area (Å²) in [6.45, 7) is 6.34. The van der Waals surface area contributed by atoms with Gasteiger partial charge in [0.1, 0.15) is 6.29 Å². The quantitative estimate of drug-likeness (QED) is 0.365. The number of nitrogens with one attached hydrogen (secondary N) is 3. The van der Waals surface area contributed by atoms with E-state index in [1.807, 2.05) is 18.2 Å². The molecule has 2 aliphatic heterocycles. The third kappa shape index (κ3) is 8.93. The Balaban J connectivity index is 0.000000547. The SMILES string of the molecule is CC(C)C(NC(=O)c1ccc2c(c1)OCO2)C(=O)CCC(=O)NC(C=O)CC1CCNC1=O.Cc1ccccc1. The lowest BCUT2D eigenvalue weighted by atomic mass is 9.96. The van der Waals surface area contributed by atoms with Crippen molar-refractivity contribution in [2.45, 2.75) is 58.5 Å². The molecule has 3 atom stereocenters. The lowest BCUT2D eigenvalue weighted by Gasteiger charge is -2.21. The molecule has 2 heterocycles. The molecule has 0 radical (unpaired) electrons. The van der Waals surface area contributed by atoms with Crippen LogP contribution in [0, 0.1) is 18.8 Å². The number of hydrogen-bond donors (Lipinski definition) is 3. The van der Waals surface area contributed by atoms with E-state index in [0.717, 1.165) is 0 Å². The van der Waals surface area contributed by atoms with Crippen LogP contribution < -0.4 is 25.4 Å². The van der Waals surface area contributed by atoms with Crippen molar-refractivity contribution in [2.75, 3.05) is 13.3 Å². The molecule has 10 heteroatoms.